The lowest BCUT2D eigenvalue weighted by Gasteiger charge is -1.99. The standard InChI is InChI=1S/C14H12O3/c1-16-13-5-3-12(4-6-13)14(15)7-2-11-8-9-17-10-11/h2-10H,1H3/b7-2+. The molecule has 1 heterocycles. The van der Waals surface area contributed by atoms with E-state index >= 15 is 0 Å². The molecule has 3 heteroatoms. The van der Waals surface area contributed by atoms with E-state index in [1.165, 1.54) is 6.08 Å². The molecule has 2 aromatic rings. The largest absolute Gasteiger partial charge is 0.497 e. The molecule has 0 saturated heterocycles. The van der Waals surface area contributed by atoms with E-state index in [2.05, 4.69) is 0 Å². The summed E-state index contributed by atoms with van der Waals surface area (Å²) in [4.78, 5) is 11.8. The van der Waals surface area contributed by atoms with Gasteiger partial charge < -0.3 is 9.15 Å². The quantitative estimate of drug-likeness (QED) is 0.596. The summed E-state index contributed by atoms with van der Waals surface area (Å²) in [5.41, 5.74) is 1.50. The molecule has 1 aromatic heterocycles. The van der Waals surface area contributed by atoms with E-state index in [4.69, 9.17) is 9.15 Å². The third kappa shape index (κ3) is 2.84. The molecule has 0 N–H and O–H groups in total. The van der Waals surface area contributed by atoms with Crippen LogP contribution in [0.4, 0.5) is 0 Å². The second-order valence-electron chi connectivity index (χ2n) is 3.48. The first-order valence-corrected chi connectivity index (χ1v) is 5.18. The Hall–Kier alpha value is -2.29. The Labute approximate surface area is 99.3 Å². The minimum atomic E-state index is -0.0474. The van der Waals surface area contributed by atoms with Gasteiger partial charge in [0.1, 0.15) is 5.75 Å². The van der Waals surface area contributed by atoms with Gasteiger partial charge in [0.25, 0.3) is 0 Å². The average molecular weight is 228 g/mol. The molecule has 0 radical (unpaired) electrons. The van der Waals surface area contributed by atoms with E-state index in [1.54, 1.807) is 56.0 Å². The Morgan fingerprint density at radius 2 is 2.00 bits per heavy atom. The Morgan fingerprint density at radius 3 is 2.59 bits per heavy atom. The normalized spacial score (nSPS) is 10.6. The zero-order chi connectivity index (χ0) is 12.1. The Kier molecular flexibility index (Phi) is 3.40. The number of carbonyl (C=O) groups is 1. The number of carbonyl (C=O) groups excluding carboxylic acids is 1. The van der Waals surface area contributed by atoms with Crippen LogP contribution >= 0.6 is 0 Å². The second kappa shape index (κ2) is 5.16. The van der Waals surface area contributed by atoms with Gasteiger partial charge in [-0.05, 0) is 42.5 Å². The van der Waals surface area contributed by atoms with Crippen molar-refractivity contribution in [2.75, 3.05) is 7.11 Å². The van der Waals surface area contributed by atoms with E-state index in [-0.39, 0.29) is 5.78 Å². The van der Waals surface area contributed by atoms with Gasteiger partial charge in [0.2, 0.25) is 0 Å². The van der Waals surface area contributed by atoms with Crippen LogP contribution in [0.5, 0.6) is 5.75 Å². The van der Waals surface area contributed by atoms with Crippen LogP contribution in [0.3, 0.4) is 0 Å². The SMILES string of the molecule is COc1ccc(C(=O)/C=C/c2ccoc2)cc1. The van der Waals surface area contributed by atoms with E-state index in [9.17, 15) is 4.79 Å². The minimum Gasteiger partial charge on any atom is -0.497 e. The molecule has 0 saturated carbocycles. The van der Waals surface area contributed by atoms with Crippen LogP contribution in [-0.4, -0.2) is 12.9 Å². The van der Waals surface area contributed by atoms with E-state index < -0.39 is 0 Å². The molecule has 2 rings (SSSR count). The van der Waals surface area contributed by atoms with Crippen LogP contribution in [0.15, 0.2) is 53.4 Å². The van der Waals surface area contributed by atoms with Crippen molar-refractivity contribution in [3.05, 3.63) is 60.1 Å². The maximum Gasteiger partial charge on any atom is 0.185 e. The summed E-state index contributed by atoms with van der Waals surface area (Å²) in [5, 5.41) is 0. The number of furan rings is 1. The highest BCUT2D eigenvalue weighted by Crippen LogP contribution is 2.12. The Morgan fingerprint density at radius 1 is 1.24 bits per heavy atom. The number of hydrogen-bond donors (Lipinski definition) is 0. The molecule has 0 bridgehead atoms. The predicted molar refractivity (Wildman–Crippen MR) is 65.1 cm³/mol. The zero-order valence-electron chi connectivity index (χ0n) is 9.42. The van der Waals surface area contributed by atoms with Crippen LogP contribution in [0.1, 0.15) is 15.9 Å². The Balaban J connectivity index is 2.09. The number of ketones is 1. The molecule has 0 unspecified atom stereocenters. The van der Waals surface area contributed by atoms with Crippen molar-refractivity contribution in [1.29, 1.82) is 0 Å². The number of allylic oxidation sites excluding steroid dienone is 1. The highest BCUT2D eigenvalue weighted by Gasteiger charge is 2.01. The highest BCUT2D eigenvalue weighted by molar-refractivity contribution is 6.06. The molecule has 3 nitrogen and oxygen atoms in total. The third-order valence-electron chi connectivity index (χ3n) is 2.34. The monoisotopic (exact) mass is 228 g/mol. The number of ether oxygens (including phenoxy) is 1. The van der Waals surface area contributed by atoms with Crippen LogP contribution < -0.4 is 4.74 Å². The second-order valence-corrected chi connectivity index (χ2v) is 3.48. The Bertz CT molecular complexity index is 507. The van der Waals surface area contributed by atoms with Crippen molar-refractivity contribution in [3.8, 4) is 5.75 Å². The van der Waals surface area contributed by atoms with Crippen molar-refractivity contribution in [3.63, 3.8) is 0 Å². The van der Waals surface area contributed by atoms with Crippen LogP contribution in [0.25, 0.3) is 6.08 Å². The fourth-order valence-corrected chi connectivity index (χ4v) is 1.39. The first-order chi connectivity index (χ1) is 8.29. The summed E-state index contributed by atoms with van der Waals surface area (Å²) in [5.74, 6) is 0.689. The number of benzene rings is 1. The molecular weight excluding hydrogens is 216 g/mol. The van der Waals surface area contributed by atoms with Gasteiger partial charge in [-0.15, -0.1) is 0 Å². The van der Waals surface area contributed by atoms with Crippen molar-refractivity contribution in [2.24, 2.45) is 0 Å². The lowest BCUT2D eigenvalue weighted by Crippen LogP contribution is -1.93. The molecule has 0 amide bonds. The summed E-state index contributed by atoms with van der Waals surface area (Å²) in [6, 6.07) is 8.79. The van der Waals surface area contributed by atoms with Gasteiger partial charge in [0.15, 0.2) is 5.78 Å². The maximum absolute atomic E-state index is 11.8. The molecule has 17 heavy (non-hydrogen) atoms. The van der Waals surface area contributed by atoms with Gasteiger partial charge in [-0.25, -0.2) is 0 Å². The topological polar surface area (TPSA) is 39.4 Å². The van der Waals surface area contributed by atoms with Gasteiger partial charge >= 0.3 is 0 Å². The fraction of sp³-hybridized carbons (Fsp3) is 0.0714. The first kappa shape index (κ1) is 11.2. The van der Waals surface area contributed by atoms with Crippen LogP contribution in [0, 0.1) is 0 Å². The van der Waals surface area contributed by atoms with Crippen molar-refractivity contribution in [2.45, 2.75) is 0 Å². The molecule has 0 atom stereocenters. The van der Waals surface area contributed by atoms with Crippen molar-refractivity contribution < 1.29 is 13.9 Å². The smallest absolute Gasteiger partial charge is 0.185 e. The van der Waals surface area contributed by atoms with Gasteiger partial charge in [-0.1, -0.05) is 0 Å². The average Bonchev–Trinajstić information content (AvgIpc) is 2.89. The molecule has 0 aliphatic carbocycles. The minimum absolute atomic E-state index is 0.0474. The maximum atomic E-state index is 11.8. The summed E-state index contributed by atoms with van der Waals surface area (Å²) in [6.07, 6.45) is 6.39. The highest BCUT2D eigenvalue weighted by atomic mass is 16.5. The summed E-state index contributed by atoms with van der Waals surface area (Å²) >= 11 is 0. The van der Waals surface area contributed by atoms with Gasteiger partial charge in [-0.2, -0.15) is 0 Å². The van der Waals surface area contributed by atoms with Crippen LogP contribution in [0.2, 0.25) is 0 Å². The molecule has 0 fully saturated rings. The van der Waals surface area contributed by atoms with Gasteiger partial charge in [0, 0.05) is 11.1 Å². The molecule has 0 aliphatic heterocycles. The molecule has 0 aliphatic rings. The van der Waals surface area contributed by atoms with Gasteiger partial charge in [0.05, 0.1) is 19.6 Å². The number of rotatable bonds is 4. The summed E-state index contributed by atoms with van der Waals surface area (Å²) in [6.45, 7) is 0. The summed E-state index contributed by atoms with van der Waals surface area (Å²) in [7, 11) is 1.59. The summed E-state index contributed by atoms with van der Waals surface area (Å²) < 4.78 is 9.93. The van der Waals surface area contributed by atoms with Gasteiger partial charge in [-0.3, -0.25) is 4.79 Å². The third-order valence-corrected chi connectivity index (χ3v) is 2.34. The van der Waals surface area contributed by atoms with Crippen molar-refractivity contribution >= 4 is 11.9 Å². The number of hydrogen-bond acceptors (Lipinski definition) is 3. The first-order valence-electron chi connectivity index (χ1n) is 5.18. The molecule has 1 aromatic carbocycles. The van der Waals surface area contributed by atoms with E-state index in [1.807, 2.05) is 0 Å². The molecule has 86 valence electrons. The zero-order valence-corrected chi connectivity index (χ0v) is 9.42. The lowest BCUT2D eigenvalue weighted by atomic mass is 10.1. The molecular formula is C14H12O3. The van der Waals surface area contributed by atoms with E-state index in [0.717, 1.165) is 11.3 Å². The van der Waals surface area contributed by atoms with Crippen molar-refractivity contribution in [1.82, 2.24) is 0 Å². The predicted octanol–water partition coefficient (Wildman–Crippen LogP) is 3.18. The number of methoxy groups -OCH3 is 1. The van der Waals surface area contributed by atoms with Crippen LogP contribution in [-0.2, 0) is 0 Å². The molecule has 0 spiro atoms. The van der Waals surface area contributed by atoms with E-state index in [0.29, 0.717) is 5.56 Å². The lowest BCUT2D eigenvalue weighted by molar-refractivity contribution is 0.104. The fourth-order valence-electron chi connectivity index (χ4n) is 1.39.